The van der Waals surface area contributed by atoms with Crippen LogP contribution in [-0.2, 0) is 26.2 Å². The van der Waals surface area contributed by atoms with Gasteiger partial charge in [0, 0.05) is 22.1 Å². The predicted octanol–water partition coefficient (Wildman–Crippen LogP) is 5.55. The minimum atomic E-state index is -4.14. The van der Waals surface area contributed by atoms with E-state index in [0.29, 0.717) is 10.7 Å². The van der Waals surface area contributed by atoms with Crippen LogP contribution in [0.4, 0.5) is 5.69 Å². The molecule has 0 fully saturated rings. The number of halogens is 2. The van der Waals surface area contributed by atoms with Gasteiger partial charge in [0.05, 0.1) is 10.6 Å². The summed E-state index contributed by atoms with van der Waals surface area (Å²) in [7, 11) is -4.14. The Hall–Kier alpha value is -2.88. The van der Waals surface area contributed by atoms with E-state index in [1.807, 2.05) is 45.0 Å². The topological polar surface area (TPSA) is 86.8 Å². The zero-order chi connectivity index (χ0) is 28.0. The van der Waals surface area contributed by atoms with Gasteiger partial charge in [-0.05, 0) is 81.8 Å². The van der Waals surface area contributed by atoms with Gasteiger partial charge in [-0.3, -0.25) is 13.9 Å². The third-order valence-corrected chi connectivity index (χ3v) is 8.44. The molecular formula is C28H31BrClN3O4S. The van der Waals surface area contributed by atoms with Gasteiger partial charge < -0.3 is 10.2 Å². The van der Waals surface area contributed by atoms with Crippen molar-refractivity contribution in [2.45, 2.75) is 51.2 Å². The van der Waals surface area contributed by atoms with E-state index in [-0.39, 0.29) is 23.4 Å². The second-order valence-corrected chi connectivity index (χ2v) is 12.5. The van der Waals surface area contributed by atoms with Crippen LogP contribution in [0, 0.1) is 6.92 Å². The molecule has 0 spiro atoms. The molecule has 10 heteroatoms. The van der Waals surface area contributed by atoms with Gasteiger partial charge in [0.25, 0.3) is 10.0 Å². The van der Waals surface area contributed by atoms with Crippen molar-refractivity contribution in [2.24, 2.45) is 0 Å². The average Bonchev–Trinajstić information content (AvgIpc) is 2.87. The molecule has 0 aliphatic heterocycles. The van der Waals surface area contributed by atoms with Gasteiger partial charge in [-0.2, -0.15) is 0 Å². The lowest BCUT2D eigenvalue weighted by Crippen LogP contribution is -2.52. The van der Waals surface area contributed by atoms with Gasteiger partial charge in [0.1, 0.15) is 12.6 Å². The molecule has 3 aromatic rings. The molecule has 0 unspecified atom stereocenters. The van der Waals surface area contributed by atoms with Gasteiger partial charge in [-0.1, -0.05) is 57.4 Å². The van der Waals surface area contributed by atoms with Crippen LogP contribution in [0.2, 0.25) is 5.02 Å². The quantitative estimate of drug-likeness (QED) is 0.322. The molecule has 2 amide bonds. The Morgan fingerprint density at radius 3 is 2.05 bits per heavy atom. The Labute approximate surface area is 238 Å². The largest absolute Gasteiger partial charge is 0.352 e. The molecule has 0 radical (unpaired) electrons. The maximum absolute atomic E-state index is 13.8. The van der Waals surface area contributed by atoms with Crippen molar-refractivity contribution in [3.05, 3.63) is 93.4 Å². The number of nitrogens with zero attached hydrogens (tertiary/aromatic N) is 2. The first kappa shape index (κ1) is 29.7. The first-order chi connectivity index (χ1) is 17.9. The molecule has 0 saturated heterocycles. The zero-order valence-corrected chi connectivity index (χ0v) is 24.8. The van der Waals surface area contributed by atoms with E-state index in [4.69, 9.17) is 11.6 Å². The van der Waals surface area contributed by atoms with Gasteiger partial charge in [0.2, 0.25) is 11.8 Å². The highest BCUT2D eigenvalue weighted by Crippen LogP contribution is 2.26. The Kier molecular flexibility index (Phi) is 9.98. The molecular weight excluding hydrogens is 590 g/mol. The highest BCUT2D eigenvalue weighted by molar-refractivity contribution is 9.10. The predicted molar refractivity (Wildman–Crippen MR) is 155 cm³/mol. The maximum atomic E-state index is 13.8. The molecule has 3 rings (SSSR count). The molecule has 38 heavy (non-hydrogen) atoms. The van der Waals surface area contributed by atoms with Gasteiger partial charge in [-0.25, -0.2) is 8.42 Å². The zero-order valence-electron chi connectivity index (χ0n) is 21.7. The number of carbonyl (C=O) groups excluding carboxylic acids is 2. The Bertz CT molecular complexity index is 1360. The molecule has 0 heterocycles. The normalized spacial score (nSPS) is 12.2. The van der Waals surface area contributed by atoms with E-state index in [1.165, 1.54) is 29.2 Å². The fraction of sp³-hybridized carbons (Fsp3) is 0.286. The van der Waals surface area contributed by atoms with Crippen LogP contribution >= 0.6 is 27.5 Å². The summed E-state index contributed by atoms with van der Waals surface area (Å²) in [5.74, 6) is -0.842. The molecule has 0 aliphatic rings. The smallest absolute Gasteiger partial charge is 0.264 e. The summed E-state index contributed by atoms with van der Waals surface area (Å²) in [6.07, 6.45) is 0. The van der Waals surface area contributed by atoms with Crippen molar-refractivity contribution >= 4 is 55.1 Å². The molecule has 0 aromatic heterocycles. The minimum absolute atomic E-state index is 0.000309. The highest BCUT2D eigenvalue weighted by Gasteiger charge is 2.32. The lowest BCUT2D eigenvalue weighted by molar-refractivity contribution is -0.139. The summed E-state index contributed by atoms with van der Waals surface area (Å²) < 4.78 is 29.5. The van der Waals surface area contributed by atoms with Crippen molar-refractivity contribution in [2.75, 3.05) is 10.8 Å². The number of rotatable bonds is 10. The maximum Gasteiger partial charge on any atom is 0.264 e. The molecule has 1 N–H and O–H groups in total. The number of nitrogens with one attached hydrogen (secondary N) is 1. The SMILES string of the molecule is Cc1ccc(N(CC(=O)N(Cc2ccc(Br)cc2)[C@H](C)C(=O)NC(C)C)S(=O)(=O)c2ccc(Cl)cc2)cc1. The molecule has 0 bridgehead atoms. The van der Waals surface area contributed by atoms with Crippen molar-refractivity contribution < 1.29 is 18.0 Å². The van der Waals surface area contributed by atoms with Crippen LogP contribution in [0.1, 0.15) is 31.9 Å². The second-order valence-electron chi connectivity index (χ2n) is 9.29. The van der Waals surface area contributed by atoms with Crippen molar-refractivity contribution in [3.8, 4) is 0 Å². The van der Waals surface area contributed by atoms with Gasteiger partial charge in [-0.15, -0.1) is 0 Å². The van der Waals surface area contributed by atoms with Gasteiger partial charge >= 0.3 is 0 Å². The Morgan fingerprint density at radius 1 is 0.921 bits per heavy atom. The summed E-state index contributed by atoms with van der Waals surface area (Å²) in [5, 5.41) is 3.24. The fourth-order valence-corrected chi connectivity index (χ4v) is 5.55. The van der Waals surface area contributed by atoms with Crippen molar-refractivity contribution in [3.63, 3.8) is 0 Å². The number of anilines is 1. The molecule has 202 valence electrons. The molecule has 0 saturated carbocycles. The van der Waals surface area contributed by atoms with Crippen molar-refractivity contribution in [1.29, 1.82) is 0 Å². The number of sulfonamides is 1. The number of hydrogen-bond acceptors (Lipinski definition) is 4. The van der Waals surface area contributed by atoms with E-state index in [9.17, 15) is 18.0 Å². The highest BCUT2D eigenvalue weighted by atomic mass is 79.9. The standard InChI is InChI=1S/C28H31BrClN3O4S/c1-19(2)31-28(35)21(4)32(17-22-7-9-23(29)10-8-22)27(34)18-33(25-13-5-20(3)6-14-25)38(36,37)26-15-11-24(30)12-16-26/h5-16,19,21H,17-18H2,1-4H3,(H,31,35)/t21-/m1/s1. The van der Waals surface area contributed by atoms with Gasteiger partial charge in [0.15, 0.2) is 0 Å². The van der Waals surface area contributed by atoms with Crippen LogP contribution in [-0.4, -0.2) is 43.8 Å². The van der Waals surface area contributed by atoms with Crippen molar-refractivity contribution in [1.82, 2.24) is 10.2 Å². The van der Waals surface area contributed by atoms with E-state index >= 15 is 0 Å². The lowest BCUT2D eigenvalue weighted by atomic mass is 10.1. The lowest BCUT2D eigenvalue weighted by Gasteiger charge is -2.32. The first-order valence-electron chi connectivity index (χ1n) is 12.1. The Balaban J connectivity index is 2.02. The van der Waals surface area contributed by atoms with E-state index in [1.54, 1.807) is 31.2 Å². The van der Waals surface area contributed by atoms with Crippen LogP contribution in [0.15, 0.2) is 82.2 Å². The fourth-order valence-electron chi connectivity index (χ4n) is 3.75. The third kappa shape index (κ3) is 7.58. The van der Waals surface area contributed by atoms with E-state index in [0.717, 1.165) is 19.9 Å². The monoisotopic (exact) mass is 619 g/mol. The average molecular weight is 621 g/mol. The number of hydrogen-bond donors (Lipinski definition) is 1. The number of carbonyl (C=O) groups is 2. The molecule has 7 nitrogen and oxygen atoms in total. The summed E-state index contributed by atoms with van der Waals surface area (Å²) in [6, 6.07) is 19.1. The Morgan fingerprint density at radius 2 is 1.50 bits per heavy atom. The first-order valence-corrected chi connectivity index (χ1v) is 14.7. The third-order valence-electron chi connectivity index (χ3n) is 5.87. The number of benzene rings is 3. The molecule has 3 aromatic carbocycles. The molecule has 1 atom stereocenters. The second kappa shape index (κ2) is 12.8. The van der Waals surface area contributed by atoms with Crippen LogP contribution < -0.4 is 9.62 Å². The van der Waals surface area contributed by atoms with Crippen LogP contribution in [0.3, 0.4) is 0 Å². The summed E-state index contributed by atoms with van der Waals surface area (Å²) in [6.45, 7) is 6.83. The summed E-state index contributed by atoms with van der Waals surface area (Å²) in [4.78, 5) is 28.2. The van der Waals surface area contributed by atoms with Crippen LogP contribution in [0.5, 0.6) is 0 Å². The number of amides is 2. The van der Waals surface area contributed by atoms with Crippen LogP contribution in [0.25, 0.3) is 0 Å². The minimum Gasteiger partial charge on any atom is -0.352 e. The molecule has 0 aliphatic carbocycles. The van der Waals surface area contributed by atoms with E-state index in [2.05, 4.69) is 21.2 Å². The summed E-state index contributed by atoms with van der Waals surface area (Å²) >= 11 is 9.38. The summed E-state index contributed by atoms with van der Waals surface area (Å²) in [5.41, 5.74) is 2.08. The number of aryl methyl sites for hydroxylation is 1. The van der Waals surface area contributed by atoms with E-state index < -0.39 is 28.5 Å².